The van der Waals surface area contributed by atoms with Gasteiger partial charge in [-0.1, -0.05) is 18.2 Å². The summed E-state index contributed by atoms with van der Waals surface area (Å²) in [7, 11) is 0. The molecule has 2 aromatic carbocycles. The van der Waals surface area contributed by atoms with Crippen molar-refractivity contribution < 1.29 is 9.53 Å². The largest absolute Gasteiger partial charge is 0.488 e. The van der Waals surface area contributed by atoms with Crippen LogP contribution in [0, 0.1) is 6.92 Å². The number of carbonyl (C=O) groups is 1. The van der Waals surface area contributed by atoms with E-state index in [1.807, 2.05) is 36.6 Å². The van der Waals surface area contributed by atoms with Crippen molar-refractivity contribution in [2.24, 2.45) is 0 Å². The highest BCUT2D eigenvalue weighted by molar-refractivity contribution is 7.12. The first-order valence-electron chi connectivity index (χ1n) is 9.51. The Morgan fingerprint density at radius 1 is 1.21 bits per heavy atom. The summed E-state index contributed by atoms with van der Waals surface area (Å²) in [6.45, 7) is 2.44. The van der Waals surface area contributed by atoms with Crippen LogP contribution in [0.15, 0.2) is 60.2 Å². The maximum absolute atomic E-state index is 12.4. The predicted molar refractivity (Wildman–Crippen MR) is 114 cm³/mol. The molecule has 0 spiro atoms. The van der Waals surface area contributed by atoms with Gasteiger partial charge >= 0.3 is 0 Å². The molecule has 0 fully saturated rings. The molecule has 5 nitrogen and oxygen atoms in total. The minimum Gasteiger partial charge on any atom is -0.488 e. The zero-order valence-electron chi connectivity index (χ0n) is 15.9. The first kappa shape index (κ1) is 17.8. The van der Waals surface area contributed by atoms with E-state index in [9.17, 15) is 4.79 Å². The molecule has 1 amide bonds. The van der Waals surface area contributed by atoms with Crippen molar-refractivity contribution in [3.8, 4) is 17.1 Å². The van der Waals surface area contributed by atoms with Gasteiger partial charge < -0.3 is 10.1 Å². The highest BCUT2D eigenvalue weighted by Gasteiger charge is 2.25. The maximum Gasteiger partial charge on any atom is 0.261 e. The van der Waals surface area contributed by atoms with Crippen molar-refractivity contribution in [2.75, 3.05) is 6.54 Å². The summed E-state index contributed by atoms with van der Waals surface area (Å²) in [5.41, 5.74) is 3.19. The van der Waals surface area contributed by atoms with Crippen LogP contribution in [0.3, 0.4) is 0 Å². The third kappa shape index (κ3) is 3.36. The first-order chi connectivity index (χ1) is 14.2. The molecule has 6 heteroatoms. The summed E-state index contributed by atoms with van der Waals surface area (Å²) < 4.78 is 6.09. The van der Waals surface area contributed by atoms with E-state index in [1.54, 1.807) is 12.4 Å². The van der Waals surface area contributed by atoms with E-state index < -0.39 is 0 Å². The molecule has 1 aliphatic rings. The van der Waals surface area contributed by atoms with Gasteiger partial charge in [0, 0.05) is 29.9 Å². The van der Waals surface area contributed by atoms with Crippen molar-refractivity contribution >= 4 is 28.0 Å². The number of benzene rings is 2. The average molecular weight is 401 g/mol. The Morgan fingerprint density at radius 3 is 2.86 bits per heavy atom. The van der Waals surface area contributed by atoms with Crippen LogP contribution < -0.4 is 10.1 Å². The van der Waals surface area contributed by atoms with Crippen LogP contribution >= 0.6 is 11.3 Å². The topological polar surface area (TPSA) is 64.1 Å². The van der Waals surface area contributed by atoms with Crippen molar-refractivity contribution in [1.82, 2.24) is 15.3 Å². The number of rotatable bonds is 4. The first-order valence-corrected chi connectivity index (χ1v) is 10.4. The number of hydrogen-bond acceptors (Lipinski definition) is 5. The molecular weight excluding hydrogens is 382 g/mol. The lowest BCUT2D eigenvalue weighted by molar-refractivity contribution is 0.0937. The number of aromatic nitrogens is 2. The number of ether oxygens (including phenoxy) is 1. The SMILES string of the molecule is Cc1ccsc1C(=O)NCC1Cc2c(ccc3cc(-c4ncccn4)ccc23)O1. The zero-order valence-corrected chi connectivity index (χ0v) is 16.7. The van der Waals surface area contributed by atoms with Crippen molar-refractivity contribution in [1.29, 1.82) is 0 Å². The monoisotopic (exact) mass is 401 g/mol. The second-order valence-corrected chi connectivity index (χ2v) is 8.05. The molecule has 0 aliphatic carbocycles. The third-order valence-electron chi connectivity index (χ3n) is 5.20. The number of carbonyl (C=O) groups excluding carboxylic acids is 1. The van der Waals surface area contributed by atoms with Gasteiger partial charge in [0.2, 0.25) is 0 Å². The van der Waals surface area contributed by atoms with Gasteiger partial charge in [0.1, 0.15) is 11.9 Å². The van der Waals surface area contributed by atoms with Gasteiger partial charge in [0.15, 0.2) is 5.82 Å². The van der Waals surface area contributed by atoms with Crippen LogP contribution in [0.25, 0.3) is 22.2 Å². The molecule has 2 aromatic heterocycles. The molecule has 0 radical (unpaired) electrons. The molecule has 1 unspecified atom stereocenters. The van der Waals surface area contributed by atoms with Gasteiger partial charge in [0.05, 0.1) is 11.4 Å². The molecular formula is C23H19N3O2S. The molecule has 0 saturated carbocycles. The summed E-state index contributed by atoms with van der Waals surface area (Å²) in [5.74, 6) is 1.58. The summed E-state index contributed by atoms with van der Waals surface area (Å²) in [6, 6.07) is 14.1. The normalized spacial score (nSPS) is 15.1. The minimum atomic E-state index is -0.0584. The van der Waals surface area contributed by atoms with E-state index in [0.29, 0.717) is 6.54 Å². The van der Waals surface area contributed by atoms with E-state index in [4.69, 9.17) is 4.74 Å². The Kier molecular flexibility index (Phi) is 4.48. The number of hydrogen-bond donors (Lipinski definition) is 1. The number of amides is 1. The molecule has 1 aliphatic heterocycles. The molecule has 29 heavy (non-hydrogen) atoms. The number of nitrogens with one attached hydrogen (secondary N) is 1. The predicted octanol–water partition coefficient (Wildman–Crippen LogP) is 4.40. The Labute approximate surface area is 172 Å². The standard InChI is InChI=1S/C23H19N3O2S/c1-14-7-10-29-21(14)23(27)26-13-17-12-19-18-5-3-16(22-24-8-2-9-25-22)11-15(18)4-6-20(19)28-17/h2-11,17H,12-13H2,1H3,(H,26,27). The molecule has 5 rings (SSSR count). The third-order valence-corrected chi connectivity index (χ3v) is 6.21. The number of thiophene rings is 1. The van der Waals surface area contributed by atoms with Gasteiger partial charge in [0.25, 0.3) is 5.91 Å². The second-order valence-electron chi connectivity index (χ2n) is 7.14. The van der Waals surface area contributed by atoms with Crippen LogP contribution in [0.2, 0.25) is 0 Å². The zero-order chi connectivity index (χ0) is 19.8. The molecule has 1 N–H and O–H groups in total. The number of fused-ring (bicyclic) bond motifs is 3. The number of nitrogens with zero attached hydrogens (tertiary/aromatic N) is 2. The summed E-state index contributed by atoms with van der Waals surface area (Å²) in [6.07, 6.45) is 4.22. The Balaban J connectivity index is 1.34. The fraction of sp³-hybridized carbons (Fsp3) is 0.174. The minimum absolute atomic E-state index is 0.0329. The van der Waals surface area contributed by atoms with Crippen LogP contribution in [0.4, 0.5) is 0 Å². The Morgan fingerprint density at radius 2 is 2.07 bits per heavy atom. The van der Waals surface area contributed by atoms with Crippen LogP contribution in [-0.4, -0.2) is 28.5 Å². The second kappa shape index (κ2) is 7.29. The van der Waals surface area contributed by atoms with E-state index in [1.165, 1.54) is 22.3 Å². The van der Waals surface area contributed by atoms with Crippen LogP contribution in [0.5, 0.6) is 5.75 Å². The Bertz CT molecular complexity index is 1200. The molecule has 4 aromatic rings. The Hall–Kier alpha value is -3.25. The van der Waals surface area contributed by atoms with Crippen LogP contribution in [-0.2, 0) is 6.42 Å². The van der Waals surface area contributed by atoms with Gasteiger partial charge in [-0.3, -0.25) is 4.79 Å². The molecule has 1 atom stereocenters. The van der Waals surface area contributed by atoms with Crippen LogP contribution in [0.1, 0.15) is 20.8 Å². The van der Waals surface area contributed by atoms with E-state index in [0.717, 1.165) is 39.4 Å². The fourth-order valence-electron chi connectivity index (χ4n) is 3.74. The fourth-order valence-corrected chi connectivity index (χ4v) is 4.58. The summed E-state index contributed by atoms with van der Waals surface area (Å²) in [4.78, 5) is 21.8. The summed E-state index contributed by atoms with van der Waals surface area (Å²) >= 11 is 1.47. The van der Waals surface area contributed by atoms with Gasteiger partial charge in [-0.05, 0) is 52.9 Å². The lowest BCUT2D eigenvalue weighted by Gasteiger charge is -2.11. The maximum atomic E-state index is 12.4. The molecule has 0 bridgehead atoms. The van der Waals surface area contributed by atoms with Crippen molar-refractivity contribution in [3.63, 3.8) is 0 Å². The highest BCUT2D eigenvalue weighted by atomic mass is 32.1. The van der Waals surface area contributed by atoms with E-state index >= 15 is 0 Å². The van der Waals surface area contributed by atoms with Gasteiger partial charge in [-0.25, -0.2) is 9.97 Å². The lowest BCUT2D eigenvalue weighted by atomic mass is 9.99. The van der Waals surface area contributed by atoms with E-state index in [2.05, 4.69) is 33.5 Å². The molecule has 0 saturated heterocycles. The van der Waals surface area contributed by atoms with Crippen molar-refractivity contribution in [2.45, 2.75) is 19.4 Å². The van der Waals surface area contributed by atoms with Gasteiger partial charge in [-0.15, -0.1) is 11.3 Å². The molecule has 3 heterocycles. The highest BCUT2D eigenvalue weighted by Crippen LogP contribution is 2.36. The quantitative estimate of drug-likeness (QED) is 0.550. The molecule has 144 valence electrons. The lowest BCUT2D eigenvalue weighted by Crippen LogP contribution is -2.34. The average Bonchev–Trinajstić information content (AvgIpc) is 3.38. The smallest absolute Gasteiger partial charge is 0.261 e. The van der Waals surface area contributed by atoms with Crippen molar-refractivity contribution in [3.05, 3.63) is 76.2 Å². The summed E-state index contributed by atoms with van der Waals surface area (Å²) in [5, 5.41) is 7.26. The number of aryl methyl sites for hydroxylation is 1. The van der Waals surface area contributed by atoms with Gasteiger partial charge in [-0.2, -0.15) is 0 Å². The van der Waals surface area contributed by atoms with E-state index in [-0.39, 0.29) is 12.0 Å².